The lowest BCUT2D eigenvalue weighted by Gasteiger charge is -2.33. The van der Waals surface area contributed by atoms with Crippen molar-refractivity contribution in [2.75, 3.05) is 13.2 Å². The highest BCUT2D eigenvalue weighted by molar-refractivity contribution is 4.85. The van der Waals surface area contributed by atoms with E-state index in [4.69, 9.17) is 0 Å². The highest BCUT2D eigenvalue weighted by atomic mass is 19.3. The van der Waals surface area contributed by atoms with Crippen LogP contribution in [0.1, 0.15) is 46.5 Å². The lowest BCUT2D eigenvalue weighted by molar-refractivity contribution is -0.319. The number of halogens is 3. The number of hydrogen-bond acceptors (Lipinski definition) is 2. The lowest BCUT2D eigenvalue weighted by Crippen LogP contribution is -2.57. The summed E-state index contributed by atoms with van der Waals surface area (Å²) >= 11 is 0. The number of nitrogens with one attached hydrogen (secondary N) is 1. The van der Waals surface area contributed by atoms with Crippen LogP contribution >= 0.6 is 0 Å². The van der Waals surface area contributed by atoms with Gasteiger partial charge in [0.1, 0.15) is 0 Å². The Kier molecular flexibility index (Phi) is 6.99. The van der Waals surface area contributed by atoms with Gasteiger partial charge in [0.05, 0.1) is 6.61 Å². The van der Waals surface area contributed by atoms with Gasteiger partial charge in [-0.2, -0.15) is 8.78 Å². The summed E-state index contributed by atoms with van der Waals surface area (Å²) in [6, 6.07) is 0. The molecule has 1 unspecified atom stereocenters. The topological polar surface area (TPSA) is 21.3 Å². The second-order valence-corrected chi connectivity index (χ2v) is 3.84. The maximum Gasteiger partial charge on any atom is 0.403 e. The van der Waals surface area contributed by atoms with Crippen molar-refractivity contribution in [2.24, 2.45) is 0 Å². The van der Waals surface area contributed by atoms with E-state index in [9.17, 15) is 13.2 Å². The summed E-state index contributed by atoms with van der Waals surface area (Å²) in [7, 11) is 0. The Morgan fingerprint density at radius 1 is 1.00 bits per heavy atom. The second-order valence-electron chi connectivity index (χ2n) is 3.84. The number of hydrogen-bond donors (Lipinski definition) is 1. The summed E-state index contributed by atoms with van der Waals surface area (Å²) in [6.45, 7) is 5.23. The Hall–Kier alpha value is -0.290. The molecular weight excluding hydrogens is 219 g/mol. The van der Waals surface area contributed by atoms with E-state index in [1.54, 1.807) is 20.8 Å². The van der Waals surface area contributed by atoms with Crippen molar-refractivity contribution >= 4 is 0 Å². The molecule has 0 saturated heterocycles. The molecule has 0 aliphatic rings. The summed E-state index contributed by atoms with van der Waals surface area (Å²) in [5.41, 5.74) is 0. The fourth-order valence-corrected chi connectivity index (χ4v) is 1.35. The van der Waals surface area contributed by atoms with Crippen LogP contribution in [-0.2, 0) is 4.74 Å². The maximum atomic E-state index is 14.1. The third kappa shape index (κ3) is 4.29. The zero-order chi connectivity index (χ0) is 12.7. The van der Waals surface area contributed by atoms with Crippen LogP contribution in [0.4, 0.5) is 13.2 Å². The van der Waals surface area contributed by atoms with Gasteiger partial charge in [-0.05, 0) is 19.4 Å². The van der Waals surface area contributed by atoms with Crippen LogP contribution in [0, 0.1) is 0 Å². The van der Waals surface area contributed by atoms with Gasteiger partial charge in [0, 0.05) is 6.42 Å². The van der Waals surface area contributed by atoms with Gasteiger partial charge in [0.25, 0.3) is 5.79 Å². The third-order valence-electron chi connectivity index (χ3n) is 2.20. The van der Waals surface area contributed by atoms with Crippen LogP contribution in [0.5, 0.6) is 0 Å². The van der Waals surface area contributed by atoms with Gasteiger partial charge in [-0.1, -0.05) is 27.2 Å². The minimum Gasteiger partial charge on any atom is -0.317 e. The average Bonchev–Trinajstić information content (AvgIpc) is 2.24. The molecule has 2 nitrogen and oxygen atoms in total. The van der Waals surface area contributed by atoms with E-state index in [-0.39, 0.29) is 19.6 Å². The monoisotopic (exact) mass is 241 g/mol. The van der Waals surface area contributed by atoms with Crippen LogP contribution in [0.3, 0.4) is 0 Å². The van der Waals surface area contributed by atoms with Gasteiger partial charge in [0.2, 0.25) is 0 Å². The van der Waals surface area contributed by atoms with Gasteiger partial charge in [0.15, 0.2) is 0 Å². The van der Waals surface area contributed by atoms with E-state index >= 15 is 0 Å². The van der Waals surface area contributed by atoms with Crippen LogP contribution in [-0.4, -0.2) is 25.1 Å². The normalized spacial score (nSPS) is 16.1. The summed E-state index contributed by atoms with van der Waals surface area (Å²) in [5.74, 6) is -2.76. The smallest absolute Gasteiger partial charge is 0.317 e. The molecule has 16 heavy (non-hydrogen) atoms. The molecule has 0 aliphatic carbocycles. The second kappa shape index (κ2) is 7.12. The first-order valence-electron chi connectivity index (χ1n) is 5.89. The predicted octanol–water partition coefficient (Wildman–Crippen LogP) is 3.47. The van der Waals surface area contributed by atoms with Gasteiger partial charge in [-0.3, -0.25) is 5.32 Å². The Morgan fingerprint density at radius 3 is 2.06 bits per heavy atom. The van der Waals surface area contributed by atoms with Crippen molar-refractivity contribution in [1.82, 2.24) is 5.32 Å². The maximum absolute atomic E-state index is 14.1. The lowest BCUT2D eigenvalue weighted by atomic mass is 10.1. The Labute approximate surface area is 95.5 Å². The first-order valence-corrected chi connectivity index (χ1v) is 5.89. The van der Waals surface area contributed by atoms with Crippen molar-refractivity contribution in [3.8, 4) is 0 Å². The molecule has 0 radical (unpaired) electrons. The average molecular weight is 241 g/mol. The molecule has 0 saturated carbocycles. The molecular formula is C11H22F3NO. The van der Waals surface area contributed by atoms with Crippen LogP contribution in [0.25, 0.3) is 0 Å². The largest absolute Gasteiger partial charge is 0.403 e. The molecule has 5 heteroatoms. The van der Waals surface area contributed by atoms with E-state index in [2.05, 4.69) is 10.1 Å². The molecule has 0 aliphatic heterocycles. The molecule has 0 fully saturated rings. The van der Waals surface area contributed by atoms with Crippen molar-refractivity contribution in [2.45, 2.75) is 58.4 Å². The quantitative estimate of drug-likeness (QED) is 0.624. The molecule has 1 N–H and O–H groups in total. The van der Waals surface area contributed by atoms with Crippen molar-refractivity contribution in [1.29, 1.82) is 0 Å². The van der Waals surface area contributed by atoms with Crippen molar-refractivity contribution < 1.29 is 17.9 Å². The Bertz CT molecular complexity index is 190. The molecule has 0 bridgehead atoms. The fourth-order valence-electron chi connectivity index (χ4n) is 1.35. The first-order chi connectivity index (χ1) is 7.43. The molecule has 1 atom stereocenters. The summed E-state index contributed by atoms with van der Waals surface area (Å²) in [4.78, 5) is 0. The molecule has 98 valence electrons. The molecule has 0 spiro atoms. The first kappa shape index (κ1) is 15.7. The molecule has 0 aromatic carbocycles. The van der Waals surface area contributed by atoms with Crippen LogP contribution in [0.2, 0.25) is 0 Å². The standard InChI is InChI=1S/C11H22F3NO/c1-4-7-10(12,15-8-5-2)11(13,14)16-9-6-3/h15H,4-9H2,1-3H3. The summed E-state index contributed by atoms with van der Waals surface area (Å²) in [5, 5.41) is 2.25. The zero-order valence-electron chi connectivity index (χ0n) is 10.3. The Balaban J connectivity index is 4.57. The van der Waals surface area contributed by atoms with E-state index in [1.165, 1.54) is 0 Å². The number of alkyl halides is 3. The highest BCUT2D eigenvalue weighted by Gasteiger charge is 2.55. The predicted molar refractivity (Wildman–Crippen MR) is 58.2 cm³/mol. The molecule has 0 aromatic rings. The minimum absolute atomic E-state index is 0.143. The minimum atomic E-state index is -3.77. The highest BCUT2D eigenvalue weighted by Crippen LogP contribution is 2.35. The van der Waals surface area contributed by atoms with Crippen LogP contribution in [0.15, 0.2) is 0 Å². The third-order valence-corrected chi connectivity index (χ3v) is 2.20. The van der Waals surface area contributed by atoms with E-state index < -0.39 is 11.9 Å². The molecule has 0 rings (SSSR count). The Morgan fingerprint density at radius 2 is 1.62 bits per heavy atom. The van der Waals surface area contributed by atoms with Gasteiger partial charge in [-0.15, -0.1) is 0 Å². The van der Waals surface area contributed by atoms with Gasteiger partial charge < -0.3 is 4.74 Å². The zero-order valence-corrected chi connectivity index (χ0v) is 10.3. The summed E-state index contributed by atoms with van der Waals surface area (Å²) < 4.78 is 45.4. The van der Waals surface area contributed by atoms with E-state index in [1.807, 2.05) is 0 Å². The van der Waals surface area contributed by atoms with Gasteiger partial charge in [-0.25, -0.2) is 4.39 Å². The SMILES string of the molecule is CCCNC(F)(CCC)C(F)(F)OCCC. The number of ether oxygens (including phenoxy) is 1. The van der Waals surface area contributed by atoms with Crippen molar-refractivity contribution in [3.63, 3.8) is 0 Å². The number of rotatable bonds is 9. The molecule has 0 aromatic heterocycles. The van der Waals surface area contributed by atoms with E-state index in [0.717, 1.165) is 0 Å². The fraction of sp³-hybridized carbons (Fsp3) is 1.00. The summed E-state index contributed by atoms with van der Waals surface area (Å²) in [6.07, 6.45) is -2.67. The van der Waals surface area contributed by atoms with E-state index in [0.29, 0.717) is 19.3 Å². The van der Waals surface area contributed by atoms with Gasteiger partial charge >= 0.3 is 6.11 Å². The molecule has 0 amide bonds. The van der Waals surface area contributed by atoms with Crippen molar-refractivity contribution in [3.05, 3.63) is 0 Å². The molecule has 0 heterocycles. The van der Waals surface area contributed by atoms with Crippen LogP contribution < -0.4 is 5.32 Å².